The number of nitrogens with zero attached hydrogens (tertiary/aromatic N) is 2. The lowest BCUT2D eigenvalue weighted by Crippen LogP contribution is -2.31. The van der Waals surface area contributed by atoms with E-state index in [0.717, 1.165) is 25.2 Å². The first-order chi connectivity index (χ1) is 12.2. The van der Waals surface area contributed by atoms with Crippen molar-refractivity contribution in [1.29, 1.82) is 0 Å². The van der Waals surface area contributed by atoms with Gasteiger partial charge in [-0.1, -0.05) is 36.4 Å². The van der Waals surface area contributed by atoms with E-state index in [9.17, 15) is 4.39 Å². The molecule has 0 aliphatic carbocycles. The molecule has 0 saturated heterocycles. The van der Waals surface area contributed by atoms with Crippen molar-refractivity contribution >= 4 is 0 Å². The van der Waals surface area contributed by atoms with E-state index in [1.165, 1.54) is 17.7 Å². The molecule has 0 bridgehead atoms. The molecule has 3 rings (SSSR count). The van der Waals surface area contributed by atoms with Crippen LogP contribution in [-0.4, -0.2) is 29.5 Å². The van der Waals surface area contributed by atoms with Crippen LogP contribution in [0.3, 0.4) is 0 Å². The number of oxazole rings is 1. The Hall–Kier alpha value is -2.50. The molecule has 130 valence electrons. The summed E-state index contributed by atoms with van der Waals surface area (Å²) in [5, 5.41) is 0. The van der Waals surface area contributed by atoms with Crippen molar-refractivity contribution in [3.8, 4) is 11.5 Å². The second-order valence-electron chi connectivity index (χ2n) is 5.95. The van der Waals surface area contributed by atoms with Crippen molar-refractivity contribution in [2.75, 3.05) is 19.6 Å². The zero-order chi connectivity index (χ0) is 17.5. The molecule has 4 nitrogen and oxygen atoms in total. The summed E-state index contributed by atoms with van der Waals surface area (Å²) in [6.45, 7) is 2.92. The van der Waals surface area contributed by atoms with E-state index in [0.29, 0.717) is 24.5 Å². The molecule has 3 aromatic rings. The van der Waals surface area contributed by atoms with Crippen molar-refractivity contribution in [2.45, 2.75) is 13.0 Å². The minimum Gasteiger partial charge on any atom is -0.444 e. The van der Waals surface area contributed by atoms with Crippen molar-refractivity contribution in [3.05, 3.63) is 77.9 Å². The molecule has 2 N–H and O–H groups in total. The molecule has 1 heterocycles. The van der Waals surface area contributed by atoms with Gasteiger partial charge in [-0.05, 0) is 30.2 Å². The average molecular weight is 339 g/mol. The largest absolute Gasteiger partial charge is 0.444 e. The standard InChI is InChI=1S/C20H22FN3O/c21-18-8-4-7-17(13-18)20-23-19(15-25-20)14-24(12-10-22)11-9-16-5-2-1-3-6-16/h1-8,13,15H,9-12,14,22H2. The fourth-order valence-electron chi connectivity index (χ4n) is 2.75. The van der Waals surface area contributed by atoms with E-state index in [1.807, 2.05) is 18.2 Å². The van der Waals surface area contributed by atoms with E-state index >= 15 is 0 Å². The molecule has 2 aromatic carbocycles. The molecule has 0 fully saturated rings. The Morgan fingerprint density at radius 1 is 1.04 bits per heavy atom. The minimum absolute atomic E-state index is 0.301. The molecule has 0 aliphatic heterocycles. The van der Waals surface area contributed by atoms with Crippen LogP contribution >= 0.6 is 0 Å². The van der Waals surface area contributed by atoms with Gasteiger partial charge in [0, 0.05) is 31.7 Å². The van der Waals surface area contributed by atoms with Crippen molar-refractivity contribution < 1.29 is 8.81 Å². The first-order valence-electron chi connectivity index (χ1n) is 8.41. The van der Waals surface area contributed by atoms with Gasteiger partial charge < -0.3 is 10.2 Å². The van der Waals surface area contributed by atoms with Gasteiger partial charge in [-0.25, -0.2) is 9.37 Å². The summed E-state index contributed by atoms with van der Waals surface area (Å²) >= 11 is 0. The maximum Gasteiger partial charge on any atom is 0.226 e. The van der Waals surface area contributed by atoms with Gasteiger partial charge in [0.05, 0.1) is 5.69 Å². The van der Waals surface area contributed by atoms with E-state index in [2.05, 4.69) is 22.0 Å². The van der Waals surface area contributed by atoms with Gasteiger partial charge in [0.25, 0.3) is 0 Å². The second-order valence-corrected chi connectivity index (χ2v) is 5.95. The van der Waals surface area contributed by atoms with Crippen LogP contribution < -0.4 is 5.73 Å². The summed E-state index contributed by atoms with van der Waals surface area (Å²) in [5.41, 5.74) is 8.49. The van der Waals surface area contributed by atoms with Crippen molar-refractivity contribution in [3.63, 3.8) is 0 Å². The molecule has 5 heteroatoms. The van der Waals surface area contributed by atoms with Crippen LogP contribution in [0.25, 0.3) is 11.5 Å². The number of aromatic nitrogens is 1. The summed E-state index contributed by atoms with van der Waals surface area (Å²) in [5.74, 6) is 0.134. The fourth-order valence-corrected chi connectivity index (χ4v) is 2.75. The molecule has 0 amide bonds. The number of hydrogen-bond donors (Lipinski definition) is 1. The predicted molar refractivity (Wildman–Crippen MR) is 96.4 cm³/mol. The van der Waals surface area contributed by atoms with Gasteiger partial charge >= 0.3 is 0 Å². The van der Waals surface area contributed by atoms with Gasteiger partial charge in [-0.3, -0.25) is 4.90 Å². The first kappa shape index (κ1) is 17.3. The average Bonchev–Trinajstić information content (AvgIpc) is 3.09. The molecule has 0 spiro atoms. The van der Waals surface area contributed by atoms with Gasteiger partial charge in [-0.15, -0.1) is 0 Å². The Kier molecular flexibility index (Phi) is 5.93. The lowest BCUT2D eigenvalue weighted by atomic mass is 10.1. The Morgan fingerprint density at radius 3 is 2.64 bits per heavy atom. The number of nitrogens with two attached hydrogens (primary N) is 1. The Labute approximate surface area is 147 Å². The summed E-state index contributed by atoms with van der Waals surface area (Å²) in [7, 11) is 0. The Balaban J connectivity index is 1.64. The van der Waals surface area contributed by atoms with E-state index < -0.39 is 0 Å². The highest BCUT2D eigenvalue weighted by atomic mass is 19.1. The Bertz CT molecular complexity index is 788. The molecule has 25 heavy (non-hydrogen) atoms. The smallest absolute Gasteiger partial charge is 0.226 e. The number of rotatable bonds is 8. The van der Waals surface area contributed by atoms with Crippen LogP contribution in [0.5, 0.6) is 0 Å². The van der Waals surface area contributed by atoms with Crippen LogP contribution in [0.15, 0.2) is 65.3 Å². The van der Waals surface area contributed by atoms with E-state index in [-0.39, 0.29) is 5.82 Å². The lowest BCUT2D eigenvalue weighted by molar-refractivity contribution is 0.273. The summed E-state index contributed by atoms with van der Waals surface area (Å²) < 4.78 is 18.9. The lowest BCUT2D eigenvalue weighted by Gasteiger charge is -2.20. The molecule has 0 unspecified atom stereocenters. The van der Waals surface area contributed by atoms with Gasteiger partial charge in [-0.2, -0.15) is 0 Å². The SMILES string of the molecule is NCCN(CCc1ccccc1)Cc1coc(-c2cccc(F)c2)n1. The third-order valence-electron chi connectivity index (χ3n) is 4.01. The molecular formula is C20H22FN3O. The van der Waals surface area contributed by atoms with Crippen LogP contribution in [0, 0.1) is 5.82 Å². The minimum atomic E-state index is -0.301. The highest BCUT2D eigenvalue weighted by Gasteiger charge is 2.11. The van der Waals surface area contributed by atoms with Crippen LogP contribution in [0.4, 0.5) is 4.39 Å². The monoisotopic (exact) mass is 339 g/mol. The topological polar surface area (TPSA) is 55.3 Å². The Morgan fingerprint density at radius 2 is 1.88 bits per heavy atom. The van der Waals surface area contributed by atoms with Crippen LogP contribution in [-0.2, 0) is 13.0 Å². The van der Waals surface area contributed by atoms with Crippen molar-refractivity contribution in [2.24, 2.45) is 5.73 Å². The predicted octanol–water partition coefficient (Wildman–Crippen LogP) is 3.48. The maximum atomic E-state index is 13.3. The normalized spacial score (nSPS) is 11.2. The quantitative estimate of drug-likeness (QED) is 0.683. The number of halogens is 1. The highest BCUT2D eigenvalue weighted by Crippen LogP contribution is 2.20. The summed E-state index contributed by atoms with van der Waals surface area (Å²) in [6.07, 6.45) is 2.59. The first-order valence-corrected chi connectivity index (χ1v) is 8.41. The van der Waals surface area contributed by atoms with E-state index in [4.69, 9.17) is 10.2 Å². The summed E-state index contributed by atoms with van der Waals surface area (Å²) in [6, 6.07) is 16.6. The zero-order valence-corrected chi connectivity index (χ0v) is 14.1. The van der Waals surface area contributed by atoms with Gasteiger partial charge in [0.1, 0.15) is 12.1 Å². The van der Waals surface area contributed by atoms with Gasteiger partial charge in [0.15, 0.2) is 0 Å². The number of benzene rings is 2. The van der Waals surface area contributed by atoms with E-state index in [1.54, 1.807) is 18.4 Å². The molecule has 0 atom stereocenters. The molecule has 0 radical (unpaired) electrons. The highest BCUT2D eigenvalue weighted by molar-refractivity contribution is 5.52. The molecule has 0 aliphatic rings. The third-order valence-corrected chi connectivity index (χ3v) is 4.01. The molecular weight excluding hydrogens is 317 g/mol. The molecule has 0 saturated carbocycles. The van der Waals surface area contributed by atoms with Crippen LogP contribution in [0.1, 0.15) is 11.3 Å². The number of hydrogen-bond acceptors (Lipinski definition) is 4. The third kappa shape index (κ3) is 4.98. The fraction of sp³-hybridized carbons (Fsp3) is 0.250. The van der Waals surface area contributed by atoms with Crippen molar-refractivity contribution in [1.82, 2.24) is 9.88 Å². The zero-order valence-electron chi connectivity index (χ0n) is 14.1. The van der Waals surface area contributed by atoms with Gasteiger partial charge in [0.2, 0.25) is 5.89 Å². The second kappa shape index (κ2) is 8.55. The van der Waals surface area contributed by atoms with Crippen LogP contribution in [0.2, 0.25) is 0 Å². The summed E-state index contributed by atoms with van der Waals surface area (Å²) in [4.78, 5) is 6.73. The maximum absolute atomic E-state index is 13.3. The molecule has 1 aromatic heterocycles.